The van der Waals surface area contributed by atoms with E-state index in [-0.39, 0.29) is 5.91 Å². The summed E-state index contributed by atoms with van der Waals surface area (Å²) >= 11 is 0. The minimum absolute atomic E-state index is 0.0249. The Morgan fingerprint density at radius 3 is 2.58 bits per heavy atom. The lowest BCUT2D eigenvalue weighted by Gasteiger charge is -2.35. The van der Waals surface area contributed by atoms with Gasteiger partial charge in [0.05, 0.1) is 5.69 Å². The summed E-state index contributed by atoms with van der Waals surface area (Å²) in [5, 5.41) is 0. The van der Waals surface area contributed by atoms with E-state index in [1.54, 1.807) is 0 Å². The number of carbonyl (C=O) groups excluding carboxylic acids is 1. The third-order valence-electron chi connectivity index (χ3n) is 4.36. The maximum atomic E-state index is 13.0. The first kappa shape index (κ1) is 16.5. The van der Waals surface area contributed by atoms with Gasteiger partial charge in [-0.1, -0.05) is 50.2 Å². The van der Waals surface area contributed by atoms with E-state index in [1.807, 2.05) is 41.3 Å². The van der Waals surface area contributed by atoms with Crippen LogP contribution in [-0.2, 0) is 4.79 Å². The predicted molar refractivity (Wildman–Crippen MR) is 96.4 cm³/mol. The summed E-state index contributed by atoms with van der Waals surface area (Å²) in [4.78, 5) is 14.9. The lowest BCUT2D eigenvalue weighted by molar-refractivity contribution is -0.126. The average Bonchev–Trinajstić information content (AvgIpc) is 2.60. The summed E-state index contributed by atoms with van der Waals surface area (Å²) in [6, 6.07) is 15.8. The SMILES string of the molecule is CC(C)c1ccc2c(c1)N(CCCN)C(=O)C(c1ccccc1)O2. The molecule has 2 N–H and O–H groups in total. The number of nitrogens with two attached hydrogens (primary N) is 1. The summed E-state index contributed by atoms with van der Waals surface area (Å²) in [5.74, 6) is 1.13. The maximum Gasteiger partial charge on any atom is 0.272 e. The Labute approximate surface area is 143 Å². The van der Waals surface area contributed by atoms with Crippen molar-refractivity contribution in [3.8, 4) is 5.75 Å². The molecule has 0 aliphatic carbocycles. The van der Waals surface area contributed by atoms with Crippen LogP contribution in [0.5, 0.6) is 5.75 Å². The lowest BCUT2D eigenvalue weighted by atomic mass is 9.99. The van der Waals surface area contributed by atoms with Gasteiger partial charge in [0.1, 0.15) is 5.75 Å². The van der Waals surface area contributed by atoms with Crippen LogP contribution >= 0.6 is 0 Å². The van der Waals surface area contributed by atoms with Gasteiger partial charge >= 0.3 is 0 Å². The van der Waals surface area contributed by atoms with Crippen molar-refractivity contribution in [1.29, 1.82) is 0 Å². The Bertz CT molecular complexity index is 713. The van der Waals surface area contributed by atoms with Crippen molar-refractivity contribution in [3.63, 3.8) is 0 Å². The Morgan fingerprint density at radius 1 is 1.17 bits per heavy atom. The van der Waals surface area contributed by atoms with E-state index in [9.17, 15) is 4.79 Å². The Balaban J connectivity index is 2.02. The molecule has 2 aromatic rings. The fourth-order valence-electron chi connectivity index (χ4n) is 2.96. The molecule has 1 aliphatic rings. The highest BCUT2D eigenvalue weighted by Crippen LogP contribution is 2.40. The number of carbonyl (C=O) groups is 1. The molecule has 3 rings (SSSR count). The molecule has 4 heteroatoms. The summed E-state index contributed by atoms with van der Waals surface area (Å²) in [6.07, 6.45) is 0.167. The van der Waals surface area contributed by atoms with Crippen LogP contribution in [0, 0.1) is 0 Å². The van der Waals surface area contributed by atoms with Crippen LogP contribution in [0.4, 0.5) is 5.69 Å². The van der Waals surface area contributed by atoms with Crippen molar-refractivity contribution in [3.05, 3.63) is 59.7 Å². The first-order valence-corrected chi connectivity index (χ1v) is 8.49. The second-order valence-corrected chi connectivity index (χ2v) is 6.42. The largest absolute Gasteiger partial charge is 0.474 e. The first-order valence-electron chi connectivity index (χ1n) is 8.49. The third-order valence-corrected chi connectivity index (χ3v) is 4.36. The fraction of sp³-hybridized carbons (Fsp3) is 0.350. The predicted octanol–water partition coefficient (Wildman–Crippen LogP) is 3.63. The van der Waals surface area contributed by atoms with Crippen molar-refractivity contribution in [2.24, 2.45) is 5.73 Å². The quantitative estimate of drug-likeness (QED) is 0.914. The van der Waals surface area contributed by atoms with Gasteiger partial charge in [0.2, 0.25) is 6.10 Å². The Hall–Kier alpha value is -2.33. The summed E-state index contributed by atoms with van der Waals surface area (Å²) in [5.41, 5.74) is 8.59. The average molecular weight is 324 g/mol. The van der Waals surface area contributed by atoms with E-state index >= 15 is 0 Å². The number of ether oxygens (including phenoxy) is 1. The molecule has 126 valence electrons. The van der Waals surface area contributed by atoms with Crippen LogP contribution in [-0.4, -0.2) is 19.0 Å². The zero-order valence-electron chi connectivity index (χ0n) is 14.2. The molecule has 0 saturated carbocycles. The van der Waals surface area contributed by atoms with Crippen LogP contribution in [0.2, 0.25) is 0 Å². The highest BCUT2D eigenvalue weighted by atomic mass is 16.5. The molecule has 0 bridgehead atoms. The van der Waals surface area contributed by atoms with Crippen LogP contribution in [0.25, 0.3) is 0 Å². The summed E-state index contributed by atoms with van der Waals surface area (Å²) in [6.45, 7) is 5.45. The zero-order chi connectivity index (χ0) is 17.1. The standard InChI is InChI=1S/C20H24N2O2/c1-14(2)16-9-10-18-17(13-16)22(12-6-11-21)20(23)19(24-18)15-7-4-3-5-8-15/h3-5,7-10,13-14,19H,6,11-12,21H2,1-2H3. The Morgan fingerprint density at radius 2 is 1.92 bits per heavy atom. The smallest absolute Gasteiger partial charge is 0.272 e. The molecule has 1 atom stereocenters. The highest BCUT2D eigenvalue weighted by molar-refractivity contribution is 6.00. The number of nitrogens with zero attached hydrogens (tertiary/aromatic N) is 1. The number of hydrogen-bond acceptors (Lipinski definition) is 3. The van der Waals surface area contributed by atoms with Gasteiger partial charge in [-0.2, -0.15) is 0 Å². The molecule has 0 fully saturated rings. The molecular weight excluding hydrogens is 300 g/mol. The van der Waals surface area contributed by atoms with Crippen LogP contribution in [0.1, 0.15) is 43.4 Å². The van der Waals surface area contributed by atoms with Crippen LogP contribution < -0.4 is 15.4 Å². The molecular formula is C20H24N2O2. The molecule has 0 radical (unpaired) electrons. The number of amides is 1. The van der Waals surface area contributed by atoms with Crippen molar-refractivity contribution in [2.75, 3.05) is 18.0 Å². The second kappa shape index (κ2) is 7.05. The highest BCUT2D eigenvalue weighted by Gasteiger charge is 2.35. The van der Waals surface area contributed by atoms with E-state index in [0.29, 0.717) is 19.0 Å². The monoisotopic (exact) mass is 324 g/mol. The summed E-state index contributed by atoms with van der Waals surface area (Å²) in [7, 11) is 0. The van der Waals surface area contributed by atoms with Gasteiger partial charge < -0.3 is 15.4 Å². The van der Waals surface area contributed by atoms with Gasteiger partial charge in [-0.15, -0.1) is 0 Å². The van der Waals surface area contributed by atoms with Crippen molar-refractivity contribution >= 4 is 11.6 Å². The number of benzene rings is 2. The lowest BCUT2D eigenvalue weighted by Crippen LogP contribution is -2.42. The van der Waals surface area contributed by atoms with E-state index in [4.69, 9.17) is 10.5 Å². The number of rotatable bonds is 5. The van der Waals surface area contributed by atoms with Gasteiger partial charge in [-0.25, -0.2) is 0 Å². The normalized spacial score (nSPS) is 16.9. The van der Waals surface area contributed by atoms with Crippen LogP contribution in [0.3, 0.4) is 0 Å². The van der Waals surface area contributed by atoms with Gasteiger partial charge in [-0.3, -0.25) is 4.79 Å². The zero-order valence-corrected chi connectivity index (χ0v) is 14.2. The Kier molecular flexibility index (Phi) is 4.86. The first-order chi connectivity index (χ1) is 11.6. The van der Waals surface area contributed by atoms with Crippen LogP contribution in [0.15, 0.2) is 48.5 Å². The third kappa shape index (κ3) is 3.15. The minimum atomic E-state index is -0.596. The van der Waals surface area contributed by atoms with E-state index in [0.717, 1.165) is 23.4 Å². The fourth-order valence-corrected chi connectivity index (χ4v) is 2.96. The van der Waals surface area contributed by atoms with Crippen molar-refractivity contribution < 1.29 is 9.53 Å². The molecule has 4 nitrogen and oxygen atoms in total. The van der Waals surface area contributed by atoms with E-state index < -0.39 is 6.10 Å². The summed E-state index contributed by atoms with van der Waals surface area (Å²) < 4.78 is 6.05. The van der Waals surface area contributed by atoms with Gasteiger partial charge in [0, 0.05) is 12.1 Å². The molecule has 1 aliphatic heterocycles. The van der Waals surface area contributed by atoms with Crippen molar-refractivity contribution in [1.82, 2.24) is 0 Å². The minimum Gasteiger partial charge on any atom is -0.474 e. The number of hydrogen-bond donors (Lipinski definition) is 1. The van der Waals surface area contributed by atoms with E-state index in [1.165, 1.54) is 5.56 Å². The molecule has 1 unspecified atom stereocenters. The van der Waals surface area contributed by atoms with Crippen molar-refractivity contribution in [2.45, 2.75) is 32.3 Å². The molecule has 0 saturated heterocycles. The number of fused-ring (bicyclic) bond motifs is 1. The number of anilines is 1. The van der Waals surface area contributed by atoms with Gasteiger partial charge in [-0.05, 0) is 36.6 Å². The van der Waals surface area contributed by atoms with Gasteiger partial charge in [0.15, 0.2) is 0 Å². The molecule has 1 amide bonds. The molecule has 2 aromatic carbocycles. The van der Waals surface area contributed by atoms with E-state index in [2.05, 4.69) is 26.0 Å². The topological polar surface area (TPSA) is 55.6 Å². The molecule has 0 spiro atoms. The van der Waals surface area contributed by atoms with Gasteiger partial charge in [0.25, 0.3) is 5.91 Å². The molecule has 24 heavy (non-hydrogen) atoms. The molecule has 0 aromatic heterocycles. The maximum absolute atomic E-state index is 13.0. The molecule has 1 heterocycles. The second-order valence-electron chi connectivity index (χ2n) is 6.42.